The van der Waals surface area contributed by atoms with E-state index in [9.17, 15) is 0 Å². The van der Waals surface area contributed by atoms with Crippen molar-refractivity contribution in [3.63, 3.8) is 0 Å². The van der Waals surface area contributed by atoms with E-state index >= 15 is 0 Å². The lowest BCUT2D eigenvalue weighted by molar-refractivity contribution is 1.06. The molecule has 0 fully saturated rings. The third-order valence-corrected chi connectivity index (χ3v) is 3.92. The van der Waals surface area contributed by atoms with Gasteiger partial charge in [-0.05, 0) is 36.6 Å². The van der Waals surface area contributed by atoms with Gasteiger partial charge >= 0.3 is 0 Å². The van der Waals surface area contributed by atoms with Crippen molar-refractivity contribution in [1.29, 1.82) is 0 Å². The normalized spacial score (nSPS) is 13.5. The van der Waals surface area contributed by atoms with Crippen LogP contribution >= 0.6 is 23.5 Å². The van der Waals surface area contributed by atoms with Gasteiger partial charge in [-0.1, -0.05) is 12.4 Å². The van der Waals surface area contributed by atoms with Crippen LogP contribution in [0.4, 0.5) is 0 Å². The number of nitrogens with zero attached hydrogens (tertiary/aromatic N) is 2. The average molecular weight is 289 g/mol. The van der Waals surface area contributed by atoms with Crippen LogP contribution in [0, 0.1) is 0 Å². The number of fused-ring (bicyclic) bond motifs is 1. The minimum Gasteiger partial charge on any atom is -0.248 e. The third-order valence-electron chi connectivity index (χ3n) is 2.80. The predicted molar refractivity (Wildman–Crippen MR) is 88.2 cm³/mol. The first-order valence-corrected chi connectivity index (χ1v) is 8.87. The van der Waals surface area contributed by atoms with Crippen molar-refractivity contribution in [3.05, 3.63) is 35.2 Å². The molecule has 0 spiro atoms. The predicted octanol–water partition coefficient (Wildman–Crippen LogP) is 3.49. The van der Waals surface area contributed by atoms with Gasteiger partial charge in [0.2, 0.25) is 0 Å². The van der Waals surface area contributed by atoms with Crippen LogP contribution in [-0.4, -0.2) is 30.3 Å². The van der Waals surface area contributed by atoms with Crippen LogP contribution in [0.15, 0.2) is 18.2 Å². The Labute approximate surface area is 126 Å². The molecule has 0 aliphatic carbocycles. The molecule has 0 saturated carbocycles. The molecule has 2 aromatic rings. The summed E-state index contributed by atoms with van der Waals surface area (Å²) in [6.07, 6.45) is 4.11. The van der Waals surface area contributed by atoms with E-state index in [1.54, 1.807) is 23.5 Å². The van der Waals surface area contributed by atoms with E-state index < -0.39 is 6.30 Å². The standard InChI is InChI=1S/C14H17BN2S2/c1-18-8-13-14(9-19-2)17-12-7-10(5-6-15)3-4-11(12)16-13/h3-4,7H,5-6,8-9H2,1-2H3/i6D/t6-/m1/s1. The number of aromatic nitrogens is 2. The summed E-state index contributed by atoms with van der Waals surface area (Å²) in [6, 6.07) is 5.97. The van der Waals surface area contributed by atoms with Crippen molar-refractivity contribution < 1.29 is 1.37 Å². The Hall–Kier alpha value is -0.675. The van der Waals surface area contributed by atoms with Crippen molar-refractivity contribution >= 4 is 42.4 Å². The highest BCUT2D eigenvalue weighted by atomic mass is 32.2. The average Bonchev–Trinajstić information content (AvgIpc) is 2.39. The fraction of sp³-hybridized carbons (Fsp3) is 0.429. The van der Waals surface area contributed by atoms with Crippen molar-refractivity contribution in [1.82, 2.24) is 9.97 Å². The van der Waals surface area contributed by atoms with Crippen molar-refractivity contribution in [2.24, 2.45) is 0 Å². The van der Waals surface area contributed by atoms with E-state index in [0.29, 0.717) is 6.42 Å². The number of thioether (sulfide) groups is 2. The summed E-state index contributed by atoms with van der Waals surface area (Å²) in [5.41, 5.74) is 5.00. The van der Waals surface area contributed by atoms with Crippen LogP contribution < -0.4 is 0 Å². The summed E-state index contributed by atoms with van der Waals surface area (Å²) in [5, 5.41) is 0. The highest BCUT2D eigenvalue weighted by Crippen LogP contribution is 2.21. The Morgan fingerprint density at radius 1 is 1.11 bits per heavy atom. The smallest absolute Gasteiger partial charge is 0.0893 e. The Morgan fingerprint density at radius 3 is 2.32 bits per heavy atom. The van der Waals surface area contributed by atoms with E-state index in [2.05, 4.69) is 12.5 Å². The van der Waals surface area contributed by atoms with Gasteiger partial charge in [-0.3, -0.25) is 0 Å². The second-order valence-electron chi connectivity index (χ2n) is 4.25. The molecule has 2 nitrogen and oxygen atoms in total. The summed E-state index contributed by atoms with van der Waals surface area (Å²) in [4.78, 5) is 9.48. The Balaban J connectivity index is 2.44. The molecule has 0 aliphatic rings. The number of rotatable bonds is 6. The molecule has 5 heteroatoms. The lowest BCUT2D eigenvalue weighted by Gasteiger charge is -2.09. The molecule has 1 aromatic heterocycles. The van der Waals surface area contributed by atoms with E-state index in [1.165, 1.54) is 0 Å². The van der Waals surface area contributed by atoms with Crippen LogP contribution in [0.1, 0.15) is 18.3 Å². The molecular formula is C14H17BN2S2. The third kappa shape index (κ3) is 3.66. The van der Waals surface area contributed by atoms with Gasteiger partial charge in [0, 0.05) is 12.9 Å². The molecule has 1 atom stereocenters. The van der Waals surface area contributed by atoms with Gasteiger partial charge in [-0.15, -0.1) is 0 Å². The molecule has 2 rings (SSSR count). The first-order chi connectivity index (χ1) is 9.63. The van der Waals surface area contributed by atoms with E-state index in [-0.39, 0.29) is 0 Å². The summed E-state index contributed by atoms with van der Waals surface area (Å²) in [6.45, 7) is 0. The fourth-order valence-corrected chi connectivity index (χ4v) is 2.95. The topological polar surface area (TPSA) is 25.8 Å². The van der Waals surface area contributed by atoms with E-state index in [4.69, 9.17) is 19.2 Å². The molecule has 1 aromatic carbocycles. The molecule has 98 valence electrons. The Kier molecular flexibility index (Phi) is 5.04. The molecule has 0 bridgehead atoms. The van der Waals surface area contributed by atoms with Crippen LogP contribution in [0.5, 0.6) is 0 Å². The van der Waals surface area contributed by atoms with E-state index in [1.807, 2.05) is 18.2 Å². The summed E-state index contributed by atoms with van der Waals surface area (Å²) >= 11 is 3.52. The van der Waals surface area contributed by atoms with Gasteiger partial charge in [0.25, 0.3) is 0 Å². The first kappa shape index (κ1) is 13.3. The maximum absolute atomic E-state index is 7.46. The zero-order valence-corrected chi connectivity index (χ0v) is 12.9. The van der Waals surface area contributed by atoms with Crippen molar-refractivity contribution in [2.75, 3.05) is 12.5 Å². The lowest BCUT2D eigenvalue weighted by Crippen LogP contribution is -2.01. The van der Waals surface area contributed by atoms with Crippen LogP contribution in [0.3, 0.4) is 0 Å². The Morgan fingerprint density at radius 2 is 1.74 bits per heavy atom. The summed E-state index contributed by atoms with van der Waals surface area (Å²) < 4.78 is 7.46. The van der Waals surface area contributed by atoms with Crippen molar-refractivity contribution in [3.8, 4) is 0 Å². The minimum atomic E-state index is -0.582. The zero-order valence-electron chi connectivity index (χ0n) is 12.2. The van der Waals surface area contributed by atoms with Gasteiger partial charge in [-0.2, -0.15) is 23.5 Å². The number of hydrogen-bond donors (Lipinski definition) is 0. The maximum atomic E-state index is 7.46. The maximum Gasteiger partial charge on any atom is 0.0893 e. The molecule has 0 N–H and O–H groups in total. The molecule has 0 aliphatic heterocycles. The first-order valence-electron chi connectivity index (χ1n) is 6.66. The van der Waals surface area contributed by atoms with Crippen LogP contribution in [0.2, 0.25) is 6.30 Å². The summed E-state index contributed by atoms with van der Waals surface area (Å²) in [7, 11) is 5.53. The second-order valence-corrected chi connectivity index (χ2v) is 5.98. The SMILES string of the molecule is [2H][C@@H]([B])Cc1ccc2nc(CSC)c(CSC)nc2c1. The molecule has 0 amide bonds. The number of benzene rings is 1. The zero-order chi connectivity index (χ0) is 14.5. The van der Waals surface area contributed by atoms with Crippen LogP contribution in [0.25, 0.3) is 11.0 Å². The van der Waals surface area contributed by atoms with Crippen LogP contribution in [-0.2, 0) is 17.9 Å². The number of hydrogen-bond acceptors (Lipinski definition) is 4. The summed E-state index contributed by atoms with van der Waals surface area (Å²) in [5.74, 6) is 1.76. The van der Waals surface area contributed by atoms with Gasteiger partial charge in [-0.25, -0.2) is 9.97 Å². The minimum absolute atomic E-state index is 0.544. The van der Waals surface area contributed by atoms with Gasteiger partial charge in [0.1, 0.15) is 0 Å². The van der Waals surface area contributed by atoms with Gasteiger partial charge < -0.3 is 0 Å². The second kappa shape index (κ2) is 7.20. The van der Waals surface area contributed by atoms with Crippen molar-refractivity contribution in [2.45, 2.75) is 24.2 Å². The lowest BCUT2D eigenvalue weighted by atomic mass is 9.97. The highest BCUT2D eigenvalue weighted by molar-refractivity contribution is 7.98. The quantitative estimate of drug-likeness (QED) is 0.760. The molecule has 0 saturated heterocycles. The Bertz CT molecular complexity index is 593. The number of aryl methyl sites for hydroxylation is 1. The molecule has 0 unspecified atom stereocenters. The fourth-order valence-electron chi connectivity index (χ4n) is 1.94. The highest BCUT2D eigenvalue weighted by Gasteiger charge is 2.08. The largest absolute Gasteiger partial charge is 0.248 e. The molecule has 2 radical (unpaired) electrons. The molecular weight excluding hydrogens is 271 g/mol. The molecule has 19 heavy (non-hydrogen) atoms. The van der Waals surface area contributed by atoms with E-state index in [0.717, 1.165) is 39.5 Å². The van der Waals surface area contributed by atoms with Gasteiger partial charge in [0.05, 0.1) is 30.3 Å². The van der Waals surface area contributed by atoms with Gasteiger partial charge in [0.15, 0.2) is 0 Å². The molecule has 1 heterocycles. The monoisotopic (exact) mass is 289 g/mol.